The number of rotatable bonds is 9. The minimum absolute atomic E-state index is 0.186. The Labute approximate surface area is 180 Å². The molecule has 0 atom stereocenters. The second-order valence-electron chi connectivity index (χ2n) is 8.22. The molecule has 2 fully saturated rings. The molecule has 0 aromatic heterocycles. The van der Waals surface area contributed by atoms with Crippen LogP contribution in [0.3, 0.4) is 0 Å². The van der Waals surface area contributed by atoms with E-state index in [1.807, 2.05) is 4.90 Å². The van der Waals surface area contributed by atoms with Gasteiger partial charge in [-0.15, -0.1) is 0 Å². The Bertz CT molecular complexity index is 706. The van der Waals surface area contributed by atoms with Gasteiger partial charge in [0, 0.05) is 71.9 Å². The number of hydrogen-bond acceptors (Lipinski definition) is 6. The maximum Gasteiger partial charge on any atom is 0.236 e. The number of carbonyl (C=O) groups excluding carboxylic acids is 1. The van der Waals surface area contributed by atoms with Crippen LogP contribution in [0.25, 0.3) is 0 Å². The molecule has 3 rings (SSSR count). The number of amides is 1. The number of nitriles is 1. The molecule has 30 heavy (non-hydrogen) atoms. The standard InChI is InChI=1S/C23H35N5O2/c1-21-5-2-3-6-22(21)19-27-11-13-28(14-12-27)23(29)20-26(8-4-7-24)10-9-25-15-17-30-18-16-25/h2-3,5-6H,4,8-20H2,1H3. The largest absolute Gasteiger partial charge is 0.379 e. The summed E-state index contributed by atoms with van der Waals surface area (Å²) in [6.07, 6.45) is 0.459. The summed E-state index contributed by atoms with van der Waals surface area (Å²) in [6, 6.07) is 10.7. The van der Waals surface area contributed by atoms with Gasteiger partial charge in [0.2, 0.25) is 5.91 Å². The lowest BCUT2D eigenvalue weighted by molar-refractivity contribution is -0.134. The van der Waals surface area contributed by atoms with Gasteiger partial charge in [-0.1, -0.05) is 24.3 Å². The summed E-state index contributed by atoms with van der Waals surface area (Å²) in [5, 5.41) is 8.98. The van der Waals surface area contributed by atoms with Crippen LogP contribution in [0.4, 0.5) is 0 Å². The number of piperazine rings is 1. The van der Waals surface area contributed by atoms with Gasteiger partial charge >= 0.3 is 0 Å². The number of aryl methyl sites for hydroxylation is 1. The molecule has 1 aromatic carbocycles. The highest BCUT2D eigenvalue weighted by atomic mass is 16.5. The van der Waals surface area contributed by atoms with E-state index >= 15 is 0 Å². The zero-order valence-electron chi connectivity index (χ0n) is 18.3. The lowest BCUT2D eigenvalue weighted by atomic mass is 10.1. The summed E-state index contributed by atoms with van der Waals surface area (Å²) < 4.78 is 5.40. The van der Waals surface area contributed by atoms with Crippen molar-refractivity contribution in [2.45, 2.75) is 19.9 Å². The Kier molecular flexibility index (Phi) is 9.09. The molecule has 0 saturated carbocycles. The number of ether oxygens (including phenoxy) is 1. The molecule has 7 nitrogen and oxygen atoms in total. The van der Waals surface area contributed by atoms with Crippen molar-refractivity contribution >= 4 is 5.91 Å². The molecule has 0 bridgehead atoms. The lowest BCUT2D eigenvalue weighted by Gasteiger charge is -2.36. The van der Waals surface area contributed by atoms with Crippen LogP contribution < -0.4 is 0 Å². The van der Waals surface area contributed by atoms with E-state index in [4.69, 9.17) is 10.00 Å². The number of nitrogens with zero attached hydrogens (tertiary/aromatic N) is 5. The number of carbonyl (C=O) groups is 1. The van der Waals surface area contributed by atoms with E-state index in [-0.39, 0.29) is 5.91 Å². The summed E-state index contributed by atoms with van der Waals surface area (Å²) in [5.41, 5.74) is 2.69. The minimum Gasteiger partial charge on any atom is -0.379 e. The molecule has 2 aliphatic heterocycles. The van der Waals surface area contributed by atoms with Crippen molar-refractivity contribution in [3.8, 4) is 6.07 Å². The molecular formula is C23H35N5O2. The van der Waals surface area contributed by atoms with Gasteiger partial charge in [-0.05, 0) is 18.1 Å². The summed E-state index contributed by atoms with van der Waals surface area (Å²) in [5.74, 6) is 0.186. The first-order valence-electron chi connectivity index (χ1n) is 11.1. The van der Waals surface area contributed by atoms with Crippen LogP contribution in [-0.2, 0) is 16.1 Å². The molecule has 164 valence electrons. The third-order valence-corrected chi connectivity index (χ3v) is 6.12. The number of hydrogen-bond donors (Lipinski definition) is 0. The monoisotopic (exact) mass is 413 g/mol. The molecule has 0 radical (unpaired) electrons. The van der Waals surface area contributed by atoms with Gasteiger partial charge in [0.1, 0.15) is 0 Å². The molecule has 7 heteroatoms. The molecular weight excluding hydrogens is 378 g/mol. The summed E-state index contributed by atoms with van der Waals surface area (Å²) in [6.45, 7) is 12.7. The van der Waals surface area contributed by atoms with Gasteiger partial charge in [0.25, 0.3) is 0 Å². The SMILES string of the molecule is Cc1ccccc1CN1CCN(C(=O)CN(CCC#N)CCN2CCOCC2)CC1. The van der Waals surface area contributed by atoms with Crippen molar-refractivity contribution < 1.29 is 9.53 Å². The number of morpholine rings is 1. The second kappa shape index (κ2) is 12.0. The van der Waals surface area contributed by atoms with Crippen LogP contribution >= 0.6 is 0 Å². The van der Waals surface area contributed by atoms with E-state index in [0.717, 1.165) is 72.1 Å². The maximum absolute atomic E-state index is 12.9. The van der Waals surface area contributed by atoms with E-state index in [0.29, 0.717) is 19.5 Å². The van der Waals surface area contributed by atoms with E-state index in [1.165, 1.54) is 11.1 Å². The van der Waals surface area contributed by atoms with Crippen molar-refractivity contribution in [1.82, 2.24) is 19.6 Å². The molecule has 0 spiro atoms. The Balaban J connectivity index is 1.43. The van der Waals surface area contributed by atoms with Crippen molar-refractivity contribution in [3.05, 3.63) is 35.4 Å². The average Bonchev–Trinajstić information content (AvgIpc) is 2.78. The van der Waals surface area contributed by atoms with Crippen molar-refractivity contribution in [2.75, 3.05) is 78.7 Å². The Hall–Kier alpha value is -1.98. The number of benzene rings is 1. The van der Waals surface area contributed by atoms with Crippen LogP contribution in [0, 0.1) is 18.3 Å². The molecule has 0 aliphatic carbocycles. The highest BCUT2D eigenvalue weighted by Gasteiger charge is 2.23. The predicted molar refractivity (Wildman–Crippen MR) is 117 cm³/mol. The summed E-state index contributed by atoms with van der Waals surface area (Å²) in [4.78, 5) is 21.8. The van der Waals surface area contributed by atoms with Crippen LogP contribution in [0.5, 0.6) is 0 Å². The topological polar surface area (TPSA) is 63.0 Å². The van der Waals surface area contributed by atoms with E-state index in [1.54, 1.807) is 0 Å². The first-order valence-corrected chi connectivity index (χ1v) is 11.1. The Morgan fingerprint density at radius 3 is 2.50 bits per heavy atom. The zero-order chi connectivity index (χ0) is 21.2. The third kappa shape index (κ3) is 7.06. The van der Waals surface area contributed by atoms with Crippen LogP contribution in [0.1, 0.15) is 17.5 Å². The quantitative estimate of drug-likeness (QED) is 0.606. The molecule has 2 aliphatic rings. The van der Waals surface area contributed by atoms with E-state index in [9.17, 15) is 4.79 Å². The van der Waals surface area contributed by atoms with Gasteiger partial charge in [-0.25, -0.2) is 0 Å². The van der Waals surface area contributed by atoms with Crippen molar-refractivity contribution in [2.24, 2.45) is 0 Å². The van der Waals surface area contributed by atoms with Crippen molar-refractivity contribution in [1.29, 1.82) is 5.26 Å². The predicted octanol–water partition coefficient (Wildman–Crippen LogP) is 1.19. The highest BCUT2D eigenvalue weighted by molar-refractivity contribution is 5.78. The fourth-order valence-electron chi connectivity index (χ4n) is 4.06. The fourth-order valence-corrected chi connectivity index (χ4v) is 4.06. The minimum atomic E-state index is 0.186. The Morgan fingerprint density at radius 1 is 1.07 bits per heavy atom. The van der Waals surface area contributed by atoms with E-state index in [2.05, 4.69) is 52.0 Å². The summed E-state index contributed by atoms with van der Waals surface area (Å²) >= 11 is 0. The second-order valence-corrected chi connectivity index (χ2v) is 8.22. The normalized spacial score (nSPS) is 18.5. The molecule has 0 unspecified atom stereocenters. The smallest absolute Gasteiger partial charge is 0.236 e. The zero-order valence-corrected chi connectivity index (χ0v) is 18.3. The fraction of sp³-hybridized carbons (Fsp3) is 0.652. The van der Waals surface area contributed by atoms with Crippen LogP contribution in [0.15, 0.2) is 24.3 Å². The van der Waals surface area contributed by atoms with Gasteiger partial charge in [0.15, 0.2) is 0 Å². The Morgan fingerprint density at radius 2 is 1.80 bits per heavy atom. The lowest BCUT2D eigenvalue weighted by Crippen LogP contribution is -2.51. The molecule has 0 N–H and O–H groups in total. The van der Waals surface area contributed by atoms with Gasteiger partial charge < -0.3 is 9.64 Å². The first kappa shape index (κ1) is 22.7. The third-order valence-electron chi connectivity index (χ3n) is 6.12. The molecule has 2 heterocycles. The summed E-state index contributed by atoms with van der Waals surface area (Å²) in [7, 11) is 0. The highest BCUT2D eigenvalue weighted by Crippen LogP contribution is 2.13. The molecule has 1 aromatic rings. The van der Waals surface area contributed by atoms with Crippen LogP contribution in [-0.4, -0.2) is 104 Å². The van der Waals surface area contributed by atoms with Gasteiger partial charge in [0.05, 0.1) is 25.8 Å². The van der Waals surface area contributed by atoms with Crippen LogP contribution in [0.2, 0.25) is 0 Å². The molecule has 2 saturated heterocycles. The van der Waals surface area contributed by atoms with Gasteiger partial charge in [-0.3, -0.25) is 19.5 Å². The van der Waals surface area contributed by atoms with Crippen molar-refractivity contribution in [3.63, 3.8) is 0 Å². The van der Waals surface area contributed by atoms with Gasteiger partial charge in [-0.2, -0.15) is 5.26 Å². The molecule has 1 amide bonds. The maximum atomic E-state index is 12.9. The van der Waals surface area contributed by atoms with E-state index < -0.39 is 0 Å². The first-order chi connectivity index (χ1) is 14.7. The average molecular weight is 414 g/mol.